The highest BCUT2D eigenvalue weighted by molar-refractivity contribution is 6.30. The van der Waals surface area contributed by atoms with Crippen LogP contribution in [0.3, 0.4) is 0 Å². The van der Waals surface area contributed by atoms with Crippen LogP contribution in [0.25, 0.3) is 16.9 Å². The van der Waals surface area contributed by atoms with Crippen LogP contribution in [0, 0.1) is 6.92 Å². The monoisotopic (exact) mass is 377 g/mol. The predicted octanol–water partition coefficient (Wildman–Crippen LogP) is 4.48. The SMILES string of the molecule is Cc1ccnn1-c1cccc(NC(=O)c2cn[nH]c2-c2ccc(Cl)cc2)c1. The number of nitrogens with zero attached hydrogens (tertiary/aromatic N) is 3. The molecule has 0 aliphatic rings. The number of carbonyl (C=O) groups is 1. The molecule has 4 aromatic rings. The van der Waals surface area contributed by atoms with Crippen molar-refractivity contribution in [2.45, 2.75) is 6.92 Å². The molecule has 0 atom stereocenters. The number of nitrogens with one attached hydrogen (secondary N) is 2. The van der Waals surface area contributed by atoms with Gasteiger partial charge in [-0.1, -0.05) is 29.8 Å². The molecule has 0 spiro atoms. The van der Waals surface area contributed by atoms with E-state index in [4.69, 9.17) is 11.6 Å². The molecule has 2 N–H and O–H groups in total. The zero-order valence-corrected chi connectivity index (χ0v) is 15.2. The van der Waals surface area contributed by atoms with Gasteiger partial charge in [-0.05, 0) is 43.3 Å². The zero-order chi connectivity index (χ0) is 18.8. The Labute approximate surface area is 160 Å². The van der Waals surface area contributed by atoms with Gasteiger partial charge in [-0.3, -0.25) is 9.89 Å². The summed E-state index contributed by atoms with van der Waals surface area (Å²) in [4.78, 5) is 12.8. The van der Waals surface area contributed by atoms with Gasteiger partial charge < -0.3 is 5.32 Å². The highest BCUT2D eigenvalue weighted by atomic mass is 35.5. The van der Waals surface area contributed by atoms with E-state index in [1.807, 2.05) is 54.1 Å². The number of aromatic nitrogens is 4. The lowest BCUT2D eigenvalue weighted by Crippen LogP contribution is -2.12. The smallest absolute Gasteiger partial charge is 0.259 e. The van der Waals surface area contributed by atoms with Gasteiger partial charge in [0.05, 0.1) is 23.1 Å². The first kappa shape index (κ1) is 17.1. The number of H-pyrrole nitrogens is 1. The highest BCUT2D eigenvalue weighted by Crippen LogP contribution is 2.24. The van der Waals surface area contributed by atoms with Gasteiger partial charge in [0.25, 0.3) is 5.91 Å². The van der Waals surface area contributed by atoms with Gasteiger partial charge in [0.1, 0.15) is 0 Å². The molecule has 0 unspecified atom stereocenters. The number of hydrogen-bond acceptors (Lipinski definition) is 3. The van der Waals surface area contributed by atoms with Crippen molar-refractivity contribution in [1.29, 1.82) is 0 Å². The van der Waals surface area contributed by atoms with Gasteiger partial charge in [0.15, 0.2) is 0 Å². The second-order valence-corrected chi connectivity index (χ2v) is 6.49. The van der Waals surface area contributed by atoms with Crippen molar-refractivity contribution in [1.82, 2.24) is 20.0 Å². The number of aryl methyl sites for hydroxylation is 1. The first-order chi connectivity index (χ1) is 13.1. The fourth-order valence-electron chi connectivity index (χ4n) is 2.85. The topological polar surface area (TPSA) is 75.6 Å². The van der Waals surface area contributed by atoms with Crippen LogP contribution in [-0.2, 0) is 0 Å². The summed E-state index contributed by atoms with van der Waals surface area (Å²) in [5, 5.41) is 14.8. The van der Waals surface area contributed by atoms with Gasteiger partial charge in [-0.25, -0.2) is 4.68 Å². The van der Waals surface area contributed by atoms with E-state index in [1.54, 1.807) is 18.3 Å². The maximum Gasteiger partial charge on any atom is 0.259 e. The van der Waals surface area contributed by atoms with E-state index in [0.29, 0.717) is 22.0 Å². The van der Waals surface area contributed by atoms with Crippen molar-refractivity contribution in [3.8, 4) is 16.9 Å². The first-order valence-corrected chi connectivity index (χ1v) is 8.71. The van der Waals surface area contributed by atoms with Crippen LogP contribution in [0.15, 0.2) is 67.0 Å². The molecule has 0 saturated heterocycles. The Bertz CT molecular complexity index is 1100. The first-order valence-electron chi connectivity index (χ1n) is 8.33. The molecule has 0 bridgehead atoms. The number of hydrogen-bond donors (Lipinski definition) is 2. The van der Waals surface area contributed by atoms with Crippen molar-refractivity contribution >= 4 is 23.2 Å². The van der Waals surface area contributed by atoms with E-state index >= 15 is 0 Å². The molecule has 2 heterocycles. The summed E-state index contributed by atoms with van der Waals surface area (Å²) in [6.07, 6.45) is 3.26. The fourth-order valence-corrected chi connectivity index (χ4v) is 2.97. The highest BCUT2D eigenvalue weighted by Gasteiger charge is 2.16. The number of carbonyl (C=O) groups excluding carboxylic acids is 1. The molecular weight excluding hydrogens is 362 g/mol. The fraction of sp³-hybridized carbons (Fsp3) is 0.0500. The normalized spacial score (nSPS) is 10.7. The van der Waals surface area contributed by atoms with Crippen molar-refractivity contribution in [3.05, 3.63) is 83.3 Å². The Balaban J connectivity index is 1.60. The second-order valence-electron chi connectivity index (χ2n) is 6.05. The van der Waals surface area contributed by atoms with Crippen LogP contribution < -0.4 is 5.32 Å². The average molecular weight is 378 g/mol. The van der Waals surface area contributed by atoms with E-state index < -0.39 is 0 Å². The van der Waals surface area contributed by atoms with Gasteiger partial charge in [-0.2, -0.15) is 10.2 Å². The summed E-state index contributed by atoms with van der Waals surface area (Å²) >= 11 is 5.94. The number of halogens is 1. The summed E-state index contributed by atoms with van der Waals surface area (Å²) in [5.74, 6) is -0.247. The van der Waals surface area contributed by atoms with Crippen molar-refractivity contribution in [2.24, 2.45) is 0 Å². The largest absolute Gasteiger partial charge is 0.322 e. The Morgan fingerprint density at radius 3 is 2.70 bits per heavy atom. The number of rotatable bonds is 4. The molecular formula is C20H16ClN5O. The Morgan fingerprint density at radius 1 is 1.15 bits per heavy atom. The molecule has 2 aromatic heterocycles. The van der Waals surface area contributed by atoms with Gasteiger partial charge in [0.2, 0.25) is 0 Å². The number of anilines is 1. The molecule has 0 aliphatic heterocycles. The maximum atomic E-state index is 12.8. The minimum atomic E-state index is -0.247. The molecule has 134 valence electrons. The van der Waals surface area contributed by atoms with E-state index in [9.17, 15) is 4.79 Å². The molecule has 0 fully saturated rings. The van der Waals surface area contributed by atoms with Crippen molar-refractivity contribution in [3.63, 3.8) is 0 Å². The summed E-state index contributed by atoms with van der Waals surface area (Å²) in [5.41, 5.74) is 4.50. The summed E-state index contributed by atoms with van der Waals surface area (Å²) in [6, 6.07) is 16.7. The molecule has 0 aliphatic carbocycles. The minimum absolute atomic E-state index is 0.247. The van der Waals surface area contributed by atoms with E-state index in [0.717, 1.165) is 16.9 Å². The third-order valence-electron chi connectivity index (χ3n) is 4.20. The molecule has 0 saturated carbocycles. The standard InChI is InChI=1S/C20H16ClN5O/c1-13-9-10-23-26(13)17-4-2-3-16(11-17)24-20(27)18-12-22-25-19(18)14-5-7-15(21)8-6-14/h2-12H,1H3,(H,22,25)(H,24,27). The third kappa shape index (κ3) is 3.47. The van der Waals surface area contributed by atoms with Gasteiger partial charge in [-0.15, -0.1) is 0 Å². The Hall–Kier alpha value is -3.38. The number of aromatic amines is 1. The molecule has 6 nitrogen and oxygen atoms in total. The van der Waals surface area contributed by atoms with E-state index in [1.165, 1.54) is 6.20 Å². The summed E-state index contributed by atoms with van der Waals surface area (Å²) < 4.78 is 1.81. The Morgan fingerprint density at radius 2 is 1.96 bits per heavy atom. The molecule has 2 aromatic carbocycles. The van der Waals surface area contributed by atoms with Crippen LogP contribution in [0.4, 0.5) is 5.69 Å². The molecule has 4 rings (SSSR count). The predicted molar refractivity (Wildman–Crippen MR) is 105 cm³/mol. The maximum absolute atomic E-state index is 12.8. The van der Waals surface area contributed by atoms with Crippen molar-refractivity contribution < 1.29 is 4.79 Å². The molecule has 27 heavy (non-hydrogen) atoms. The Kier molecular flexibility index (Phi) is 4.48. The number of amides is 1. The van der Waals surface area contributed by atoms with Crippen LogP contribution >= 0.6 is 11.6 Å². The second kappa shape index (κ2) is 7.09. The average Bonchev–Trinajstić information content (AvgIpc) is 3.31. The lowest BCUT2D eigenvalue weighted by atomic mass is 10.1. The van der Waals surface area contributed by atoms with Crippen LogP contribution in [0.1, 0.15) is 16.1 Å². The number of benzene rings is 2. The molecule has 7 heteroatoms. The lowest BCUT2D eigenvalue weighted by Gasteiger charge is -2.09. The third-order valence-corrected chi connectivity index (χ3v) is 4.45. The van der Waals surface area contributed by atoms with Crippen LogP contribution in [-0.4, -0.2) is 25.9 Å². The van der Waals surface area contributed by atoms with Crippen LogP contribution in [0.5, 0.6) is 0 Å². The quantitative estimate of drug-likeness (QED) is 0.550. The van der Waals surface area contributed by atoms with Gasteiger partial charge in [0, 0.05) is 28.2 Å². The summed E-state index contributed by atoms with van der Waals surface area (Å²) in [7, 11) is 0. The van der Waals surface area contributed by atoms with E-state index in [2.05, 4.69) is 20.6 Å². The molecule has 1 amide bonds. The lowest BCUT2D eigenvalue weighted by molar-refractivity contribution is 0.102. The summed E-state index contributed by atoms with van der Waals surface area (Å²) in [6.45, 7) is 1.97. The zero-order valence-electron chi connectivity index (χ0n) is 14.5. The molecule has 0 radical (unpaired) electrons. The van der Waals surface area contributed by atoms with Crippen LogP contribution in [0.2, 0.25) is 5.02 Å². The van der Waals surface area contributed by atoms with Gasteiger partial charge >= 0.3 is 0 Å². The van der Waals surface area contributed by atoms with E-state index in [-0.39, 0.29) is 5.91 Å². The minimum Gasteiger partial charge on any atom is -0.322 e. The van der Waals surface area contributed by atoms with Crippen molar-refractivity contribution in [2.75, 3.05) is 5.32 Å².